The summed E-state index contributed by atoms with van der Waals surface area (Å²) in [6, 6.07) is 0. The molecule has 0 saturated carbocycles. The maximum absolute atomic E-state index is 11.0. The van der Waals surface area contributed by atoms with Gasteiger partial charge < -0.3 is 0 Å². The van der Waals surface area contributed by atoms with Gasteiger partial charge in [-0.15, -0.1) is 23.2 Å². The van der Waals surface area contributed by atoms with Crippen LogP contribution in [0.2, 0.25) is 0 Å². The van der Waals surface area contributed by atoms with Crippen LogP contribution in [-0.4, -0.2) is 14.4 Å². The number of hydrogen-bond donors (Lipinski definition) is 0. The largest absolute Gasteiger partial charge is 0.288 e. The van der Waals surface area contributed by atoms with E-state index in [2.05, 4.69) is 0 Å². The first-order valence-corrected chi connectivity index (χ1v) is 4.90. The Morgan fingerprint density at radius 2 is 1.67 bits per heavy atom. The summed E-state index contributed by atoms with van der Waals surface area (Å²) in [5.74, 6) is -0.861. The third-order valence-corrected chi connectivity index (χ3v) is 1.81. The molecule has 0 spiro atoms. The maximum Gasteiger partial charge on any atom is 0.254 e. The fourth-order valence-electron chi connectivity index (χ4n) is 0.322. The summed E-state index contributed by atoms with van der Waals surface area (Å²) in [6.07, 6.45) is 1.06. The molecule has 0 aromatic carbocycles. The molecule has 0 atom stereocenters. The quantitative estimate of drug-likeness (QED) is 0.558. The Bertz CT molecular complexity index is 202. The molecular weight excluding hydrogens is 289 g/mol. The summed E-state index contributed by atoms with van der Waals surface area (Å²) in [5.41, 5.74) is 0. The number of hydrogen-bond acceptors (Lipinski definition) is 1. The Kier molecular flexibility index (Phi) is 5.63. The number of carbonyl (C=O) groups is 1. The van der Waals surface area contributed by atoms with Crippen molar-refractivity contribution >= 4 is 75.4 Å². The normalized spacial score (nSPS) is 13.8. The molecule has 0 rings (SSSR count). The van der Waals surface area contributed by atoms with Crippen LogP contribution in [0.15, 0.2) is 11.1 Å². The number of allylic oxidation sites excluding steroid dienone is 2. The van der Waals surface area contributed by atoms with Crippen LogP contribution in [0.1, 0.15) is 0 Å². The van der Waals surface area contributed by atoms with Crippen LogP contribution < -0.4 is 0 Å². The number of rotatable bonds is 2. The van der Waals surface area contributed by atoms with Crippen LogP contribution in [-0.2, 0) is 4.79 Å². The van der Waals surface area contributed by atoms with Gasteiger partial charge in [-0.1, -0.05) is 46.4 Å². The molecule has 0 aromatic heterocycles. The third-order valence-electron chi connectivity index (χ3n) is 0.747. The highest BCUT2D eigenvalue weighted by molar-refractivity contribution is 6.79. The van der Waals surface area contributed by atoms with E-state index in [1.165, 1.54) is 0 Å². The van der Waals surface area contributed by atoms with Crippen molar-refractivity contribution in [1.29, 1.82) is 0 Å². The monoisotopic (exact) mass is 288 g/mol. The Morgan fingerprint density at radius 3 is 1.92 bits per heavy atom. The molecule has 0 saturated heterocycles. The predicted octanol–water partition coefficient (Wildman–Crippen LogP) is 3.85. The van der Waals surface area contributed by atoms with Gasteiger partial charge in [0.25, 0.3) is 3.79 Å². The SMILES string of the molecule is O=C(/C(Cl)=C/C(Cl)Cl)C(Cl)(Cl)Cl. The molecule has 0 aliphatic carbocycles. The van der Waals surface area contributed by atoms with E-state index in [1.54, 1.807) is 0 Å². The van der Waals surface area contributed by atoms with Crippen LogP contribution in [0.3, 0.4) is 0 Å². The number of alkyl halides is 5. The lowest BCUT2D eigenvalue weighted by atomic mass is 10.4. The Hall–Kier alpha value is 1.15. The molecular formula is C5H2Cl6O. The lowest BCUT2D eigenvalue weighted by Gasteiger charge is -2.07. The first-order chi connectivity index (χ1) is 5.25. The molecule has 0 amide bonds. The van der Waals surface area contributed by atoms with E-state index < -0.39 is 14.4 Å². The van der Waals surface area contributed by atoms with Gasteiger partial charge in [-0.25, -0.2) is 0 Å². The molecule has 0 N–H and O–H groups in total. The van der Waals surface area contributed by atoms with Gasteiger partial charge in [0.05, 0.1) is 5.03 Å². The second-order valence-corrected chi connectivity index (χ2v) is 5.53. The summed E-state index contributed by atoms with van der Waals surface area (Å²) in [5, 5.41) is -0.301. The molecule has 0 aliphatic heterocycles. The van der Waals surface area contributed by atoms with Crippen LogP contribution in [0.25, 0.3) is 0 Å². The summed E-state index contributed by atoms with van der Waals surface area (Å²) >= 11 is 31.7. The maximum atomic E-state index is 11.0. The van der Waals surface area contributed by atoms with Gasteiger partial charge in [0.15, 0.2) is 0 Å². The lowest BCUT2D eigenvalue weighted by molar-refractivity contribution is -0.114. The van der Waals surface area contributed by atoms with Crippen molar-refractivity contribution in [3.05, 3.63) is 11.1 Å². The highest BCUT2D eigenvalue weighted by atomic mass is 35.6. The van der Waals surface area contributed by atoms with Crippen molar-refractivity contribution in [3.63, 3.8) is 0 Å². The molecule has 0 unspecified atom stereocenters. The first kappa shape index (κ1) is 13.2. The standard InChI is InChI=1S/C5H2Cl6O/c6-2(1-3(7)8)4(12)5(9,10)11/h1,3H/b2-1-. The van der Waals surface area contributed by atoms with Gasteiger partial charge in [0.1, 0.15) is 4.84 Å². The summed E-state index contributed by atoms with van der Waals surface area (Å²) in [6.45, 7) is 0. The van der Waals surface area contributed by atoms with E-state index in [1.807, 2.05) is 0 Å². The molecule has 0 fully saturated rings. The van der Waals surface area contributed by atoms with Crippen molar-refractivity contribution in [2.24, 2.45) is 0 Å². The van der Waals surface area contributed by atoms with E-state index >= 15 is 0 Å². The van der Waals surface area contributed by atoms with Crippen LogP contribution in [0.5, 0.6) is 0 Å². The van der Waals surface area contributed by atoms with Crippen molar-refractivity contribution in [2.45, 2.75) is 8.63 Å². The Labute approximate surface area is 99.5 Å². The zero-order chi connectivity index (χ0) is 9.94. The topological polar surface area (TPSA) is 17.1 Å². The molecule has 12 heavy (non-hydrogen) atoms. The van der Waals surface area contributed by atoms with Gasteiger partial charge in [-0.3, -0.25) is 4.79 Å². The number of halogens is 6. The van der Waals surface area contributed by atoms with Crippen LogP contribution in [0.4, 0.5) is 0 Å². The van der Waals surface area contributed by atoms with Crippen LogP contribution in [0, 0.1) is 0 Å². The third kappa shape index (κ3) is 5.00. The van der Waals surface area contributed by atoms with Crippen LogP contribution >= 0.6 is 69.6 Å². The van der Waals surface area contributed by atoms with Crippen molar-refractivity contribution in [1.82, 2.24) is 0 Å². The number of Topliss-reactive ketones (excluding diaryl/α,β-unsaturated/α-hetero) is 1. The van der Waals surface area contributed by atoms with Crippen molar-refractivity contribution in [3.8, 4) is 0 Å². The van der Waals surface area contributed by atoms with E-state index in [0.29, 0.717) is 0 Å². The second-order valence-electron chi connectivity index (χ2n) is 1.68. The Balaban J connectivity index is 4.51. The molecule has 0 radical (unpaired) electrons. The van der Waals surface area contributed by atoms with Gasteiger partial charge in [-0.2, -0.15) is 0 Å². The van der Waals surface area contributed by atoms with Crippen molar-refractivity contribution < 1.29 is 4.79 Å². The lowest BCUT2D eigenvalue weighted by Crippen LogP contribution is -2.19. The average molecular weight is 291 g/mol. The minimum Gasteiger partial charge on any atom is -0.288 e. The zero-order valence-corrected chi connectivity index (χ0v) is 9.87. The van der Waals surface area contributed by atoms with E-state index in [9.17, 15) is 4.79 Å². The second kappa shape index (κ2) is 5.14. The van der Waals surface area contributed by atoms with Gasteiger partial charge in [0.2, 0.25) is 5.78 Å². The highest BCUT2D eigenvalue weighted by Crippen LogP contribution is 2.31. The van der Waals surface area contributed by atoms with E-state index in [4.69, 9.17) is 69.6 Å². The summed E-state index contributed by atoms with van der Waals surface area (Å²) < 4.78 is -2.07. The molecule has 1 nitrogen and oxygen atoms in total. The molecule has 7 heteroatoms. The first-order valence-electron chi connectivity index (χ1n) is 2.52. The van der Waals surface area contributed by atoms with Crippen molar-refractivity contribution in [2.75, 3.05) is 0 Å². The smallest absolute Gasteiger partial charge is 0.254 e. The molecule has 0 heterocycles. The summed E-state index contributed by atoms with van der Waals surface area (Å²) in [4.78, 5) is 10.1. The fourth-order valence-corrected chi connectivity index (χ4v) is 1.42. The molecule has 0 bridgehead atoms. The average Bonchev–Trinajstić information content (AvgIpc) is 1.82. The minimum absolute atomic E-state index is 0.301. The summed E-state index contributed by atoms with van der Waals surface area (Å²) in [7, 11) is 0. The predicted molar refractivity (Wildman–Crippen MR) is 54.7 cm³/mol. The zero-order valence-electron chi connectivity index (χ0n) is 5.33. The Morgan fingerprint density at radius 1 is 1.25 bits per heavy atom. The number of ketones is 1. The molecule has 70 valence electrons. The molecule has 0 aromatic rings. The number of carbonyl (C=O) groups excluding carboxylic acids is 1. The van der Waals surface area contributed by atoms with Gasteiger partial charge >= 0.3 is 0 Å². The van der Waals surface area contributed by atoms with E-state index in [-0.39, 0.29) is 5.03 Å². The van der Waals surface area contributed by atoms with Gasteiger partial charge in [-0.05, 0) is 6.08 Å². The molecule has 0 aliphatic rings. The minimum atomic E-state index is -2.07. The fraction of sp³-hybridized carbons (Fsp3) is 0.400. The van der Waals surface area contributed by atoms with E-state index in [0.717, 1.165) is 6.08 Å². The highest BCUT2D eigenvalue weighted by Gasteiger charge is 2.32. The van der Waals surface area contributed by atoms with Gasteiger partial charge in [0, 0.05) is 0 Å².